The molecule has 0 fully saturated rings. The fourth-order valence-corrected chi connectivity index (χ4v) is 10.3. The monoisotopic (exact) mass is 1100 g/mol. The van der Waals surface area contributed by atoms with Crippen LogP contribution in [0.3, 0.4) is 0 Å². The lowest BCUT2D eigenvalue weighted by Gasteiger charge is -2.29. The predicted octanol–water partition coefficient (Wildman–Crippen LogP) is 20.0. The average Bonchev–Trinajstić information content (AvgIpc) is 3.39. The third-order valence-electron chi connectivity index (χ3n) is 14.7. The zero-order valence-corrected chi connectivity index (χ0v) is 52.3. The van der Waals surface area contributed by atoms with Crippen LogP contribution in [0.1, 0.15) is 303 Å². The van der Waals surface area contributed by atoms with Gasteiger partial charge in [-0.2, -0.15) is 0 Å². The molecule has 9 heteroatoms. The first-order chi connectivity index (χ1) is 37.5. The summed E-state index contributed by atoms with van der Waals surface area (Å²) in [5, 5.41) is 13.9. The maximum absolute atomic E-state index is 13.0. The number of hydrogen-bond donors (Lipinski definition) is 2. The number of unbranched alkanes of at least 4 members (excludes halogenated alkanes) is 37. The van der Waals surface area contributed by atoms with Crippen molar-refractivity contribution in [2.24, 2.45) is 0 Å². The Morgan fingerprint density at radius 2 is 0.792 bits per heavy atom. The molecule has 2 N–H and O–H groups in total. The van der Waals surface area contributed by atoms with Gasteiger partial charge < -0.3 is 28.8 Å². The number of carbonyl (C=O) groups excluding carboxylic acids is 1. The van der Waals surface area contributed by atoms with E-state index in [0.29, 0.717) is 17.4 Å². The van der Waals surface area contributed by atoms with E-state index in [1.165, 1.54) is 212 Å². The minimum absolute atomic E-state index is 0.000262. The van der Waals surface area contributed by atoms with Crippen LogP contribution in [0.2, 0.25) is 0 Å². The van der Waals surface area contributed by atoms with Crippen LogP contribution in [0, 0.1) is 0 Å². The SMILES string of the molecule is CC/C=C\C/C=C\C/C=C\C/C=C\C/C=C\CCCCCCCCCCCCCCCCCCCCCCCCCCCC(=O)NC(COP(=O)([O-])OCC[N+](C)(C)C)C(O)/C=C/CCCCCCCCCCCCCC. The summed E-state index contributed by atoms with van der Waals surface area (Å²) in [6.45, 7) is 4.55. The Kier molecular flexibility index (Phi) is 57.0. The molecule has 0 aromatic rings. The second kappa shape index (κ2) is 58.6. The Labute approximate surface area is 478 Å². The number of phosphoric acid groups is 1. The third kappa shape index (κ3) is 61.4. The first kappa shape index (κ1) is 74.9. The van der Waals surface area contributed by atoms with Gasteiger partial charge in [-0.1, -0.05) is 305 Å². The minimum Gasteiger partial charge on any atom is -0.756 e. The molecule has 0 radical (unpaired) electrons. The summed E-state index contributed by atoms with van der Waals surface area (Å²) >= 11 is 0. The van der Waals surface area contributed by atoms with E-state index in [1.54, 1.807) is 6.08 Å². The molecule has 0 heterocycles. The van der Waals surface area contributed by atoms with E-state index in [1.807, 2.05) is 27.2 Å². The van der Waals surface area contributed by atoms with Crippen molar-refractivity contribution in [3.05, 3.63) is 72.9 Å². The molecule has 0 saturated heterocycles. The van der Waals surface area contributed by atoms with Gasteiger partial charge in [0, 0.05) is 6.42 Å². The quantitative estimate of drug-likeness (QED) is 0.0272. The lowest BCUT2D eigenvalue weighted by molar-refractivity contribution is -0.870. The molecule has 1 amide bonds. The Morgan fingerprint density at radius 1 is 0.468 bits per heavy atom. The molecule has 0 aliphatic carbocycles. The molecular formula is C68H127N2O6P. The number of aliphatic hydroxyl groups is 1. The van der Waals surface area contributed by atoms with Gasteiger partial charge in [0.05, 0.1) is 39.9 Å². The molecule has 0 aromatic heterocycles. The summed E-state index contributed by atoms with van der Waals surface area (Å²) in [4.78, 5) is 25.5. The number of amides is 1. The predicted molar refractivity (Wildman–Crippen MR) is 334 cm³/mol. The van der Waals surface area contributed by atoms with Gasteiger partial charge in [-0.15, -0.1) is 0 Å². The molecule has 3 unspecified atom stereocenters. The van der Waals surface area contributed by atoms with Gasteiger partial charge in [0.2, 0.25) is 5.91 Å². The highest BCUT2D eigenvalue weighted by Gasteiger charge is 2.23. The van der Waals surface area contributed by atoms with Gasteiger partial charge in [0.15, 0.2) is 0 Å². The van der Waals surface area contributed by atoms with Crippen LogP contribution in [0.15, 0.2) is 72.9 Å². The molecule has 0 bridgehead atoms. The van der Waals surface area contributed by atoms with Crippen LogP contribution in [0.4, 0.5) is 0 Å². The van der Waals surface area contributed by atoms with Gasteiger partial charge >= 0.3 is 0 Å². The van der Waals surface area contributed by atoms with Crippen molar-refractivity contribution in [3.8, 4) is 0 Å². The van der Waals surface area contributed by atoms with Crippen molar-refractivity contribution in [3.63, 3.8) is 0 Å². The maximum atomic E-state index is 13.0. The van der Waals surface area contributed by atoms with Crippen LogP contribution in [0.25, 0.3) is 0 Å². The first-order valence-electron chi connectivity index (χ1n) is 32.8. The van der Waals surface area contributed by atoms with E-state index in [9.17, 15) is 19.4 Å². The molecule has 0 aromatic carbocycles. The largest absolute Gasteiger partial charge is 0.756 e. The highest BCUT2D eigenvalue weighted by molar-refractivity contribution is 7.45. The number of carbonyl (C=O) groups is 1. The summed E-state index contributed by atoms with van der Waals surface area (Å²) in [6.07, 6.45) is 81.6. The number of rotatable bonds is 60. The number of allylic oxidation sites excluding steroid dienone is 11. The van der Waals surface area contributed by atoms with E-state index in [4.69, 9.17) is 9.05 Å². The second-order valence-corrected chi connectivity index (χ2v) is 24.9. The van der Waals surface area contributed by atoms with Gasteiger partial charge in [0.1, 0.15) is 13.2 Å². The van der Waals surface area contributed by atoms with Crippen LogP contribution < -0.4 is 10.2 Å². The zero-order chi connectivity index (χ0) is 56.3. The van der Waals surface area contributed by atoms with Crippen LogP contribution in [0.5, 0.6) is 0 Å². The summed E-state index contributed by atoms with van der Waals surface area (Å²) in [5.74, 6) is -0.194. The molecule has 0 spiro atoms. The Bertz CT molecular complexity index is 1480. The number of aliphatic hydroxyl groups excluding tert-OH is 1. The second-order valence-electron chi connectivity index (χ2n) is 23.4. The Balaban J connectivity index is 3.87. The molecule has 0 rings (SSSR count). The molecule has 0 saturated carbocycles. The zero-order valence-electron chi connectivity index (χ0n) is 51.4. The van der Waals surface area contributed by atoms with E-state index < -0.39 is 20.0 Å². The standard InChI is InChI=1S/C68H127N2O6P/c1-6-8-10-12-14-16-18-20-22-23-24-25-26-27-28-29-30-31-32-33-34-35-36-37-38-39-40-41-42-43-44-45-46-47-48-50-52-54-56-58-60-62-68(72)69-66(65-76-77(73,74)75-64-63-70(3,4)5)67(71)61-59-57-55-53-51-49-21-19-17-15-13-11-9-7-2/h8,10,14,16,20,22,24-25,27-28,59,61,66-67,71H,6-7,9,11-13,15,17-19,21,23,26,29-58,60,62-65H2,1-5H3,(H-,69,72,73,74)/b10-8-,16-14-,22-20-,25-24-,28-27-,61-59+. The molecule has 0 aliphatic heterocycles. The Morgan fingerprint density at radius 3 is 1.16 bits per heavy atom. The highest BCUT2D eigenvalue weighted by Crippen LogP contribution is 2.38. The molecule has 77 heavy (non-hydrogen) atoms. The minimum atomic E-state index is -4.60. The van der Waals surface area contributed by atoms with Crippen LogP contribution >= 0.6 is 7.82 Å². The number of likely N-dealkylation sites (N-methyl/N-ethyl adjacent to an activating group) is 1. The maximum Gasteiger partial charge on any atom is 0.268 e. The van der Waals surface area contributed by atoms with Crippen molar-refractivity contribution in [2.75, 3.05) is 40.9 Å². The van der Waals surface area contributed by atoms with Crippen molar-refractivity contribution in [1.82, 2.24) is 5.32 Å². The summed E-state index contributed by atoms with van der Waals surface area (Å²) < 4.78 is 23.4. The average molecular weight is 1100 g/mol. The first-order valence-corrected chi connectivity index (χ1v) is 34.3. The van der Waals surface area contributed by atoms with Gasteiger partial charge in [-0.3, -0.25) is 9.36 Å². The van der Waals surface area contributed by atoms with Crippen LogP contribution in [-0.4, -0.2) is 68.5 Å². The Hall–Kier alpha value is -2.06. The molecular weight excluding hydrogens is 972 g/mol. The summed E-state index contributed by atoms with van der Waals surface area (Å²) in [7, 11) is 1.27. The van der Waals surface area contributed by atoms with E-state index >= 15 is 0 Å². The normalized spacial score (nSPS) is 14.2. The van der Waals surface area contributed by atoms with Crippen LogP contribution in [-0.2, 0) is 18.4 Å². The van der Waals surface area contributed by atoms with Gasteiger partial charge in [0.25, 0.3) is 7.82 Å². The van der Waals surface area contributed by atoms with Crippen molar-refractivity contribution in [2.45, 2.75) is 315 Å². The lowest BCUT2D eigenvalue weighted by Crippen LogP contribution is -2.45. The van der Waals surface area contributed by atoms with Gasteiger partial charge in [-0.25, -0.2) is 0 Å². The lowest BCUT2D eigenvalue weighted by atomic mass is 10.0. The number of hydrogen-bond acceptors (Lipinski definition) is 6. The van der Waals surface area contributed by atoms with Gasteiger partial charge in [-0.05, 0) is 64.2 Å². The van der Waals surface area contributed by atoms with E-state index in [0.717, 1.165) is 70.6 Å². The molecule has 8 nitrogen and oxygen atoms in total. The third-order valence-corrected chi connectivity index (χ3v) is 15.6. The van der Waals surface area contributed by atoms with Crippen molar-refractivity contribution < 1.29 is 32.9 Å². The fourth-order valence-electron chi connectivity index (χ4n) is 9.60. The molecule has 0 aliphatic rings. The highest BCUT2D eigenvalue weighted by atomic mass is 31.2. The van der Waals surface area contributed by atoms with Crippen molar-refractivity contribution in [1.29, 1.82) is 0 Å². The summed E-state index contributed by atoms with van der Waals surface area (Å²) in [5.41, 5.74) is 0. The van der Waals surface area contributed by atoms with Crippen molar-refractivity contribution >= 4 is 13.7 Å². The molecule has 3 atom stereocenters. The van der Waals surface area contributed by atoms with E-state index in [2.05, 4.69) is 79.9 Å². The smallest absolute Gasteiger partial charge is 0.268 e. The van der Waals surface area contributed by atoms with E-state index in [-0.39, 0.29) is 19.1 Å². The fraction of sp³-hybridized carbons (Fsp3) is 0.809. The number of phosphoric ester groups is 1. The topological polar surface area (TPSA) is 108 Å². The summed E-state index contributed by atoms with van der Waals surface area (Å²) in [6, 6.07) is -0.886. The number of nitrogens with one attached hydrogen (secondary N) is 1. The molecule has 450 valence electrons. The number of quaternary nitrogens is 1. The number of nitrogens with zero attached hydrogens (tertiary/aromatic N) is 1.